The summed E-state index contributed by atoms with van der Waals surface area (Å²) in [7, 11) is 0. The molecule has 0 atom stereocenters. The summed E-state index contributed by atoms with van der Waals surface area (Å²) >= 11 is 1.34. The van der Waals surface area contributed by atoms with Crippen molar-refractivity contribution in [3.8, 4) is 5.69 Å². The van der Waals surface area contributed by atoms with Crippen molar-refractivity contribution in [1.29, 1.82) is 0 Å². The van der Waals surface area contributed by atoms with Crippen LogP contribution in [0.1, 0.15) is 27.9 Å². The van der Waals surface area contributed by atoms with Crippen molar-refractivity contribution in [3.63, 3.8) is 0 Å². The van der Waals surface area contributed by atoms with Crippen LogP contribution in [0, 0.1) is 17.0 Å². The Kier molecular flexibility index (Phi) is 5.11. The van der Waals surface area contributed by atoms with Crippen LogP contribution in [0.3, 0.4) is 0 Å². The summed E-state index contributed by atoms with van der Waals surface area (Å²) in [5, 5.41) is 20.4. The zero-order chi connectivity index (χ0) is 21.3. The number of nitro groups is 1. The molecule has 0 bridgehead atoms. The predicted octanol–water partition coefficient (Wildman–Crippen LogP) is 4.46. The minimum Gasteiger partial charge on any atom is -0.266 e. The number of hydrogen-bond donors (Lipinski definition) is 1. The average Bonchev–Trinajstić information content (AvgIpc) is 3.33. The Morgan fingerprint density at radius 3 is 2.53 bits per heavy atom. The van der Waals surface area contributed by atoms with Crippen LogP contribution in [0.5, 0.6) is 0 Å². The maximum atomic E-state index is 12.6. The minimum absolute atomic E-state index is 0.00342. The van der Waals surface area contributed by atoms with E-state index in [0.29, 0.717) is 16.2 Å². The van der Waals surface area contributed by atoms with E-state index >= 15 is 0 Å². The molecule has 0 aliphatic rings. The molecule has 0 saturated carbocycles. The molecule has 2 aromatic carbocycles. The predicted molar refractivity (Wildman–Crippen MR) is 116 cm³/mol. The van der Waals surface area contributed by atoms with E-state index in [9.17, 15) is 14.9 Å². The molecular weight excluding hydrogens is 402 g/mol. The van der Waals surface area contributed by atoms with Gasteiger partial charge in [-0.05, 0) is 49.7 Å². The maximum Gasteiger partial charge on any atom is 0.281 e. The molecule has 0 aliphatic carbocycles. The number of nitrogens with zero attached hydrogens (tertiary/aromatic N) is 4. The molecule has 0 spiro atoms. The lowest BCUT2D eigenvalue weighted by Crippen LogP contribution is -2.18. The fraction of sp³-hybridized carbons (Fsp3) is 0.0952. The van der Waals surface area contributed by atoms with Crippen LogP contribution in [-0.4, -0.2) is 26.3 Å². The highest BCUT2D eigenvalue weighted by Gasteiger charge is 2.17. The Bertz CT molecular complexity index is 1270. The number of nitro benzene ring substituents is 1. The zero-order valence-corrected chi connectivity index (χ0v) is 17.0. The number of carbonyl (C=O) groups excluding carboxylic acids is 1. The first-order valence-electron chi connectivity index (χ1n) is 9.08. The highest BCUT2D eigenvalue weighted by atomic mass is 32.1. The Balaban J connectivity index is 1.56. The number of non-ortho nitro benzene ring substituents is 1. The largest absolute Gasteiger partial charge is 0.281 e. The number of aryl methyl sites for hydroxylation is 1. The monoisotopic (exact) mass is 419 g/mol. The number of amides is 1. The third kappa shape index (κ3) is 3.70. The summed E-state index contributed by atoms with van der Waals surface area (Å²) in [4.78, 5) is 24.3. The van der Waals surface area contributed by atoms with E-state index in [-0.39, 0.29) is 11.6 Å². The Morgan fingerprint density at radius 1 is 1.17 bits per heavy atom. The summed E-state index contributed by atoms with van der Waals surface area (Å²) < 4.78 is 1.83. The second-order valence-corrected chi connectivity index (χ2v) is 7.64. The number of hydrogen-bond acceptors (Lipinski definition) is 6. The summed E-state index contributed by atoms with van der Waals surface area (Å²) in [6.07, 6.45) is 0. The van der Waals surface area contributed by atoms with Crippen LogP contribution in [0.25, 0.3) is 15.9 Å². The molecule has 8 nitrogen and oxygen atoms in total. The first kappa shape index (κ1) is 19.5. The third-order valence-electron chi connectivity index (χ3n) is 4.59. The average molecular weight is 419 g/mol. The van der Waals surface area contributed by atoms with Gasteiger partial charge in [-0.3, -0.25) is 14.9 Å². The molecule has 0 saturated heterocycles. The van der Waals surface area contributed by atoms with E-state index in [1.165, 1.54) is 23.5 Å². The lowest BCUT2D eigenvalue weighted by Gasteiger charge is -2.02. The van der Waals surface area contributed by atoms with Gasteiger partial charge in [-0.15, -0.1) is 11.3 Å². The number of fused-ring (bicyclic) bond motifs is 1. The number of aromatic nitrogens is 2. The third-order valence-corrected chi connectivity index (χ3v) is 5.70. The molecule has 30 heavy (non-hydrogen) atoms. The number of rotatable bonds is 5. The van der Waals surface area contributed by atoms with Gasteiger partial charge >= 0.3 is 0 Å². The molecule has 1 N–H and O–H groups in total. The number of nitrogens with one attached hydrogen (secondary N) is 1. The van der Waals surface area contributed by atoms with Crippen molar-refractivity contribution in [2.24, 2.45) is 5.10 Å². The fourth-order valence-corrected chi connectivity index (χ4v) is 4.05. The summed E-state index contributed by atoms with van der Waals surface area (Å²) in [5.74, 6) is -0.323. The zero-order valence-electron chi connectivity index (χ0n) is 16.2. The van der Waals surface area contributed by atoms with Crippen molar-refractivity contribution >= 4 is 38.9 Å². The molecule has 4 aromatic rings. The molecule has 4 rings (SSSR count). The minimum atomic E-state index is -0.460. The molecule has 2 heterocycles. The molecule has 0 radical (unpaired) electrons. The summed E-state index contributed by atoms with van der Waals surface area (Å²) in [5.41, 5.74) is 5.57. The number of para-hydroxylation sites is 1. The highest BCUT2D eigenvalue weighted by molar-refractivity contribution is 7.20. The second kappa shape index (κ2) is 7.88. The summed E-state index contributed by atoms with van der Waals surface area (Å²) in [6.45, 7) is 3.64. The van der Waals surface area contributed by atoms with E-state index in [4.69, 9.17) is 0 Å². The number of benzene rings is 2. The van der Waals surface area contributed by atoms with E-state index < -0.39 is 4.92 Å². The van der Waals surface area contributed by atoms with E-state index in [1.807, 2.05) is 48.0 Å². The van der Waals surface area contributed by atoms with Crippen molar-refractivity contribution in [2.45, 2.75) is 13.8 Å². The van der Waals surface area contributed by atoms with Gasteiger partial charge in [0.05, 0.1) is 26.9 Å². The van der Waals surface area contributed by atoms with Crippen molar-refractivity contribution < 1.29 is 9.72 Å². The summed E-state index contributed by atoms with van der Waals surface area (Å²) in [6, 6.07) is 17.6. The Morgan fingerprint density at radius 2 is 1.87 bits per heavy atom. The van der Waals surface area contributed by atoms with Gasteiger partial charge in [0.15, 0.2) is 0 Å². The molecule has 0 fully saturated rings. The quantitative estimate of drug-likeness (QED) is 0.293. The van der Waals surface area contributed by atoms with Crippen LogP contribution < -0.4 is 5.43 Å². The standard InChI is InChI=1S/C21H17N5O3S/c1-13(15-8-10-17(11-9-15)26(28)29)22-23-20(27)19-12-18-14(2)24-25(21(18)30-19)16-6-4-3-5-7-16/h3-12H,1-2H3,(H,23,27)/b22-13-. The second-order valence-electron chi connectivity index (χ2n) is 6.60. The van der Waals surface area contributed by atoms with Crippen molar-refractivity contribution in [1.82, 2.24) is 15.2 Å². The molecular formula is C21H17N5O3S. The lowest BCUT2D eigenvalue weighted by atomic mass is 10.1. The van der Waals surface area contributed by atoms with E-state index in [0.717, 1.165) is 21.6 Å². The van der Waals surface area contributed by atoms with Gasteiger partial charge in [0, 0.05) is 17.5 Å². The number of thiophene rings is 1. The Hall–Kier alpha value is -3.85. The van der Waals surface area contributed by atoms with Crippen molar-refractivity contribution in [2.75, 3.05) is 0 Å². The van der Waals surface area contributed by atoms with Gasteiger partial charge in [0.1, 0.15) is 4.83 Å². The van der Waals surface area contributed by atoms with Crippen LogP contribution >= 0.6 is 11.3 Å². The smallest absolute Gasteiger partial charge is 0.266 e. The normalized spacial score (nSPS) is 11.6. The van der Waals surface area contributed by atoms with Gasteiger partial charge in [-0.1, -0.05) is 18.2 Å². The van der Waals surface area contributed by atoms with Crippen LogP contribution in [0.4, 0.5) is 5.69 Å². The van der Waals surface area contributed by atoms with Crippen LogP contribution in [-0.2, 0) is 0 Å². The van der Waals surface area contributed by atoms with Gasteiger partial charge in [0.2, 0.25) is 0 Å². The SMILES string of the molecule is C/C(=N/NC(=O)c1cc2c(C)nn(-c3ccccc3)c2s1)c1ccc([N+](=O)[O-])cc1. The van der Waals surface area contributed by atoms with Gasteiger partial charge in [-0.2, -0.15) is 10.2 Å². The first-order chi connectivity index (χ1) is 14.4. The molecule has 9 heteroatoms. The van der Waals surface area contributed by atoms with E-state index in [1.54, 1.807) is 19.1 Å². The topological polar surface area (TPSA) is 102 Å². The highest BCUT2D eigenvalue weighted by Crippen LogP contribution is 2.30. The van der Waals surface area contributed by atoms with Gasteiger partial charge in [0.25, 0.3) is 11.6 Å². The molecule has 0 aliphatic heterocycles. The maximum absolute atomic E-state index is 12.6. The number of carbonyl (C=O) groups is 1. The van der Waals surface area contributed by atoms with Crippen LogP contribution in [0.15, 0.2) is 65.8 Å². The van der Waals surface area contributed by atoms with Gasteiger partial charge in [-0.25, -0.2) is 10.1 Å². The van der Waals surface area contributed by atoms with E-state index in [2.05, 4.69) is 15.6 Å². The first-order valence-corrected chi connectivity index (χ1v) is 9.90. The van der Waals surface area contributed by atoms with Crippen molar-refractivity contribution in [3.05, 3.63) is 86.9 Å². The molecule has 0 unspecified atom stereocenters. The van der Waals surface area contributed by atoms with Crippen LogP contribution in [0.2, 0.25) is 0 Å². The molecule has 150 valence electrons. The fourth-order valence-electron chi connectivity index (χ4n) is 2.98. The Labute approximate surface area is 175 Å². The molecule has 2 aromatic heterocycles. The molecule has 1 amide bonds. The number of hydrazone groups is 1. The lowest BCUT2D eigenvalue weighted by molar-refractivity contribution is -0.384. The van der Waals surface area contributed by atoms with Gasteiger partial charge < -0.3 is 0 Å².